The Morgan fingerprint density at radius 2 is 1.94 bits per heavy atom. The minimum absolute atomic E-state index is 0.413. The molecule has 0 aromatic heterocycles. The summed E-state index contributed by atoms with van der Waals surface area (Å²) in [5.74, 6) is 0.659. The van der Waals surface area contributed by atoms with Gasteiger partial charge in [-0.05, 0) is 31.8 Å². The lowest BCUT2D eigenvalue weighted by atomic mass is 9.88. The third kappa shape index (κ3) is 2.35. The molecule has 1 aliphatic rings. The molecule has 0 saturated carbocycles. The molecule has 4 heteroatoms. The van der Waals surface area contributed by atoms with Crippen LogP contribution < -0.4 is 5.32 Å². The van der Waals surface area contributed by atoms with Gasteiger partial charge in [-0.15, -0.1) is 0 Å². The van der Waals surface area contributed by atoms with E-state index in [4.69, 9.17) is 23.2 Å². The smallest absolute Gasteiger partial charge is 0.0595 e. The Hall–Kier alpha value is -0.280. The summed E-state index contributed by atoms with van der Waals surface area (Å²) in [7, 11) is 4.21. The maximum atomic E-state index is 6.06. The van der Waals surface area contributed by atoms with E-state index in [0.29, 0.717) is 22.0 Å². The van der Waals surface area contributed by atoms with Crippen LogP contribution in [0.5, 0.6) is 0 Å². The molecular weight excluding hydrogens is 243 g/mol. The summed E-state index contributed by atoms with van der Waals surface area (Å²) in [6.45, 7) is 2.15. The van der Waals surface area contributed by atoms with E-state index < -0.39 is 0 Å². The molecule has 1 atom stereocenters. The van der Waals surface area contributed by atoms with Crippen molar-refractivity contribution < 1.29 is 0 Å². The molecule has 1 saturated heterocycles. The molecule has 2 nitrogen and oxygen atoms in total. The number of hydrogen-bond donors (Lipinski definition) is 1. The van der Waals surface area contributed by atoms with Gasteiger partial charge in [-0.25, -0.2) is 0 Å². The van der Waals surface area contributed by atoms with Gasteiger partial charge in [0.1, 0.15) is 0 Å². The molecule has 88 valence electrons. The van der Waals surface area contributed by atoms with Crippen molar-refractivity contribution in [3.05, 3.63) is 33.8 Å². The molecule has 1 unspecified atom stereocenters. The van der Waals surface area contributed by atoms with Gasteiger partial charge in [-0.3, -0.25) is 0 Å². The molecule has 1 aromatic rings. The van der Waals surface area contributed by atoms with Crippen molar-refractivity contribution in [3.63, 3.8) is 0 Å². The summed E-state index contributed by atoms with van der Waals surface area (Å²) >= 11 is 12.0. The second-order valence-corrected chi connectivity index (χ2v) is 5.31. The highest BCUT2D eigenvalue weighted by Crippen LogP contribution is 2.33. The van der Waals surface area contributed by atoms with Crippen molar-refractivity contribution in [2.45, 2.75) is 6.04 Å². The molecule has 0 amide bonds. The van der Waals surface area contributed by atoms with Crippen molar-refractivity contribution in [1.29, 1.82) is 0 Å². The summed E-state index contributed by atoms with van der Waals surface area (Å²) in [6.07, 6.45) is 0. The topological polar surface area (TPSA) is 15.3 Å². The molecule has 0 aliphatic carbocycles. The molecule has 1 aliphatic heterocycles. The quantitative estimate of drug-likeness (QED) is 0.897. The van der Waals surface area contributed by atoms with E-state index in [1.54, 1.807) is 0 Å². The van der Waals surface area contributed by atoms with Crippen LogP contribution in [-0.4, -0.2) is 32.1 Å². The molecule has 2 rings (SSSR count). The van der Waals surface area contributed by atoms with Gasteiger partial charge in [0, 0.05) is 25.0 Å². The first-order valence-electron chi connectivity index (χ1n) is 5.41. The molecular formula is C12H16Cl2N2. The third-order valence-electron chi connectivity index (χ3n) is 3.10. The van der Waals surface area contributed by atoms with Crippen LogP contribution in [0.25, 0.3) is 0 Å². The second-order valence-electron chi connectivity index (χ2n) is 4.50. The number of rotatable bonds is 3. The Labute approximate surface area is 107 Å². The monoisotopic (exact) mass is 258 g/mol. The number of benzene rings is 1. The van der Waals surface area contributed by atoms with Crippen molar-refractivity contribution in [1.82, 2.24) is 10.2 Å². The summed E-state index contributed by atoms with van der Waals surface area (Å²) < 4.78 is 0. The number of nitrogens with zero attached hydrogens (tertiary/aromatic N) is 1. The predicted molar refractivity (Wildman–Crippen MR) is 69.2 cm³/mol. The third-order valence-corrected chi connectivity index (χ3v) is 3.84. The van der Waals surface area contributed by atoms with Crippen LogP contribution in [-0.2, 0) is 0 Å². The SMILES string of the molecule is CN(C)C(c1ccc(Cl)c(Cl)c1)C1CNC1. The van der Waals surface area contributed by atoms with Crippen LogP contribution >= 0.6 is 23.2 Å². The van der Waals surface area contributed by atoms with Gasteiger partial charge in [-0.1, -0.05) is 29.3 Å². The first-order chi connectivity index (χ1) is 7.59. The largest absolute Gasteiger partial charge is 0.316 e. The van der Waals surface area contributed by atoms with Gasteiger partial charge in [0.15, 0.2) is 0 Å². The standard InChI is InChI=1S/C12H16Cl2N2/c1-16(2)12(9-6-15-7-9)8-3-4-10(13)11(14)5-8/h3-5,9,12,15H,6-7H2,1-2H3. The lowest BCUT2D eigenvalue weighted by molar-refractivity contribution is 0.161. The van der Waals surface area contributed by atoms with E-state index >= 15 is 0 Å². The Morgan fingerprint density at radius 3 is 2.38 bits per heavy atom. The fourth-order valence-corrected chi connectivity index (χ4v) is 2.53. The van der Waals surface area contributed by atoms with Gasteiger partial charge in [0.05, 0.1) is 10.0 Å². The number of halogens is 2. The first-order valence-corrected chi connectivity index (χ1v) is 6.17. The number of hydrogen-bond acceptors (Lipinski definition) is 2. The summed E-state index contributed by atoms with van der Waals surface area (Å²) in [4.78, 5) is 2.24. The van der Waals surface area contributed by atoms with Gasteiger partial charge in [-0.2, -0.15) is 0 Å². The van der Waals surface area contributed by atoms with E-state index in [1.165, 1.54) is 5.56 Å². The minimum Gasteiger partial charge on any atom is -0.316 e. The van der Waals surface area contributed by atoms with E-state index in [0.717, 1.165) is 13.1 Å². The van der Waals surface area contributed by atoms with Crippen LogP contribution in [0.1, 0.15) is 11.6 Å². The molecule has 16 heavy (non-hydrogen) atoms. The fraction of sp³-hybridized carbons (Fsp3) is 0.500. The Balaban J connectivity index is 2.27. The number of nitrogens with one attached hydrogen (secondary N) is 1. The molecule has 0 spiro atoms. The molecule has 1 fully saturated rings. The van der Waals surface area contributed by atoms with Gasteiger partial charge >= 0.3 is 0 Å². The van der Waals surface area contributed by atoms with Crippen LogP contribution in [0, 0.1) is 5.92 Å². The molecule has 1 heterocycles. The molecule has 1 N–H and O–H groups in total. The lowest BCUT2D eigenvalue weighted by Crippen LogP contribution is -2.48. The predicted octanol–water partition coefficient (Wildman–Crippen LogP) is 2.82. The van der Waals surface area contributed by atoms with Crippen LogP contribution in [0.2, 0.25) is 10.0 Å². The van der Waals surface area contributed by atoms with Gasteiger partial charge < -0.3 is 10.2 Å². The summed E-state index contributed by atoms with van der Waals surface area (Å²) in [6, 6.07) is 6.34. The van der Waals surface area contributed by atoms with E-state index in [-0.39, 0.29) is 0 Å². The maximum Gasteiger partial charge on any atom is 0.0595 e. The minimum atomic E-state index is 0.413. The van der Waals surface area contributed by atoms with E-state index in [9.17, 15) is 0 Å². The van der Waals surface area contributed by atoms with Crippen LogP contribution in [0.3, 0.4) is 0 Å². The lowest BCUT2D eigenvalue weighted by Gasteiger charge is -2.39. The van der Waals surface area contributed by atoms with Gasteiger partial charge in [0.25, 0.3) is 0 Å². The first kappa shape index (κ1) is 12.2. The summed E-state index contributed by atoms with van der Waals surface area (Å²) in [5, 5.41) is 4.56. The zero-order valence-corrected chi connectivity index (χ0v) is 11.0. The van der Waals surface area contributed by atoms with Crippen LogP contribution in [0.4, 0.5) is 0 Å². The van der Waals surface area contributed by atoms with Crippen molar-refractivity contribution in [2.24, 2.45) is 5.92 Å². The highest BCUT2D eigenvalue weighted by Gasteiger charge is 2.29. The Kier molecular flexibility index (Phi) is 3.75. The molecule has 1 aromatic carbocycles. The molecule has 0 bridgehead atoms. The fourth-order valence-electron chi connectivity index (χ4n) is 2.22. The maximum absolute atomic E-state index is 6.06. The van der Waals surface area contributed by atoms with E-state index in [2.05, 4.69) is 30.4 Å². The molecule has 0 radical (unpaired) electrons. The van der Waals surface area contributed by atoms with E-state index in [1.807, 2.05) is 12.1 Å². The normalized spacial score (nSPS) is 18.6. The van der Waals surface area contributed by atoms with Crippen LogP contribution in [0.15, 0.2) is 18.2 Å². The average Bonchev–Trinajstić information content (AvgIpc) is 2.15. The summed E-state index contributed by atoms with van der Waals surface area (Å²) in [5.41, 5.74) is 1.24. The zero-order chi connectivity index (χ0) is 11.7. The van der Waals surface area contributed by atoms with Crippen molar-refractivity contribution in [2.75, 3.05) is 27.2 Å². The van der Waals surface area contributed by atoms with Crippen molar-refractivity contribution in [3.8, 4) is 0 Å². The Morgan fingerprint density at radius 1 is 1.25 bits per heavy atom. The second kappa shape index (κ2) is 4.92. The van der Waals surface area contributed by atoms with Gasteiger partial charge in [0.2, 0.25) is 0 Å². The highest BCUT2D eigenvalue weighted by atomic mass is 35.5. The zero-order valence-electron chi connectivity index (χ0n) is 9.50. The average molecular weight is 259 g/mol. The highest BCUT2D eigenvalue weighted by molar-refractivity contribution is 6.42. The Bertz CT molecular complexity index is 375. The van der Waals surface area contributed by atoms with Crippen molar-refractivity contribution >= 4 is 23.2 Å².